The van der Waals surface area contributed by atoms with E-state index in [0.29, 0.717) is 0 Å². The summed E-state index contributed by atoms with van der Waals surface area (Å²) in [5, 5.41) is 4.49. The normalized spacial score (nSPS) is 16.5. The second-order valence-corrected chi connectivity index (χ2v) is 6.29. The molecule has 2 heterocycles. The Bertz CT molecular complexity index is 633. The Balaban J connectivity index is 1.85. The van der Waals surface area contributed by atoms with Gasteiger partial charge in [0.2, 0.25) is 0 Å². The maximum Gasteiger partial charge on any atom is 0.177 e. The Morgan fingerprint density at radius 3 is 2.81 bits per heavy atom. The van der Waals surface area contributed by atoms with Gasteiger partial charge in [-0.15, -0.1) is 0 Å². The average Bonchev–Trinajstić information content (AvgIpc) is 2.90. The van der Waals surface area contributed by atoms with Gasteiger partial charge in [0.15, 0.2) is 11.3 Å². The summed E-state index contributed by atoms with van der Waals surface area (Å²) < 4.78 is 12.4. The summed E-state index contributed by atoms with van der Waals surface area (Å²) in [5.74, 6) is 1.72. The molecular weight excluding hydrogens is 332 g/mol. The number of furan rings is 1. The molecule has 3 rings (SSSR count). The van der Waals surface area contributed by atoms with Crippen molar-refractivity contribution >= 4 is 26.9 Å². The number of methoxy groups -OCH3 is 1. The topological polar surface area (TPSA) is 37.6 Å². The van der Waals surface area contributed by atoms with E-state index in [-0.39, 0.29) is 0 Å². The van der Waals surface area contributed by atoms with E-state index in [1.54, 1.807) is 7.11 Å². The molecule has 1 fully saturated rings. The first-order valence-corrected chi connectivity index (χ1v) is 8.17. The molecule has 2 aromatic rings. The number of rotatable bonds is 4. The molecule has 1 aromatic carbocycles. The molecule has 0 saturated carbocycles. The lowest BCUT2D eigenvalue weighted by Gasteiger charge is -2.27. The van der Waals surface area contributed by atoms with Crippen LogP contribution < -0.4 is 10.1 Å². The summed E-state index contributed by atoms with van der Waals surface area (Å²) in [6, 6.07) is 4.16. The number of nitrogens with one attached hydrogen (secondary N) is 1. The lowest BCUT2D eigenvalue weighted by atomic mass is 10.1. The van der Waals surface area contributed by atoms with Crippen LogP contribution in [0.4, 0.5) is 0 Å². The minimum absolute atomic E-state index is 0.816. The fourth-order valence-corrected chi connectivity index (χ4v) is 3.47. The maximum atomic E-state index is 5.75. The molecule has 114 valence electrons. The van der Waals surface area contributed by atoms with E-state index in [1.165, 1.54) is 5.56 Å². The predicted molar refractivity (Wildman–Crippen MR) is 88.2 cm³/mol. The van der Waals surface area contributed by atoms with Gasteiger partial charge in [0.05, 0.1) is 7.11 Å². The first-order chi connectivity index (χ1) is 10.2. The van der Waals surface area contributed by atoms with Gasteiger partial charge >= 0.3 is 0 Å². The van der Waals surface area contributed by atoms with Crippen LogP contribution in [-0.2, 0) is 6.42 Å². The minimum atomic E-state index is 0.816. The molecule has 1 aliphatic heterocycles. The first kappa shape index (κ1) is 14.9. The third kappa shape index (κ3) is 3.10. The number of hydrogen-bond acceptors (Lipinski definition) is 4. The highest BCUT2D eigenvalue weighted by Gasteiger charge is 2.16. The average molecular weight is 353 g/mol. The zero-order valence-corrected chi connectivity index (χ0v) is 14.1. The van der Waals surface area contributed by atoms with Gasteiger partial charge in [-0.25, -0.2) is 0 Å². The molecule has 1 N–H and O–H groups in total. The SMILES string of the molecule is COc1cc(CCN2CCNCC2)c(Br)c2cc(C)oc12. The van der Waals surface area contributed by atoms with Gasteiger partial charge in [-0.3, -0.25) is 0 Å². The monoisotopic (exact) mass is 352 g/mol. The molecule has 0 unspecified atom stereocenters. The third-order valence-electron chi connectivity index (χ3n) is 4.03. The molecule has 1 saturated heterocycles. The lowest BCUT2D eigenvalue weighted by molar-refractivity contribution is 0.243. The van der Waals surface area contributed by atoms with Crippen molar-refractivity contribution in [2.24, 2.45) is 0 Å². The highest BCUT2D eigenvalue weighted by Crippen LogP contribution is 2.37. The standard InChI is InChI=1S/C16H21BrN2O2/c1-11-9-13-15(17)12(10-14(20-2)16(13)21-11)3-6-19-7-4-18-5-8-19/h9-10,18H,3-8H2,1-2H3. The fourth-order valence-electron chi connectivity index (χ4n) is 2.87. The van der Waals surface area contributed by atoms with Crippen LogP contribution in [0.5, 0.6) is 5.75 Å². The second kappa shape index (κ2) is 6.38. The molecule has 0 atom stereocenters. The van der Waals surface area contributed by atoms with Crippen LogP contribution in [0.15, 0.2) is 21.0 Å². The number of piperazine rings is 1. The molecule has 0 amide bonds. The molecule has 4 nitrogen and oxygen atoms in total. The number of hydrogen-bond donors (Lipinski definition) is 1. The summed E-state index contributed by atoms with van der Waals surface area (Å²) in [4.78, 5) is 2.50. The molecule has 1 aromatic heterocycles. The third-order valence-corrected chi connectivity index (χ3v) is 4.97. The van der Waals surface area contributed by atoms with Crippen LogP contribution in [0.2, 0.25) is 0 Å². The Morgan fingerprint density at radius 2 is 2.10 bits per heavy atom. The van der Waals surface area contributed by atoms with E-state index in [2.05, 4.69) is 38.3 Å². The van der Waals surface area contributed by atoms with Gasteiger partial charge in [0.25, 0.3) is 0 Å². The van der Waals surface area contributed by atoms with Crippen LogP contribution in [0.25, 0.3) is 11.0 Å². The van der Waals surface area contributed by atoms with Crippen molar-refractivity contribution in [2.75, 3.05) is 39.8 Å². The van der Waals surface area contributed by atoms with Crippen LogP contribution in [0, 0.1) is 6.92 Å². The van der Waals surface area contributed by atoms with E-state index in [9.17, 15) is 0 Å². The van der Waals surface area contributed by atoms with Crippen molar-refractivity contribution in [3.63, 3.8) is 0 Å². The highest BCUT2D eigenvalue weighted by molar-refractivity contribution is 9.10. The Hall–Kier alpha value is -1.04. The Labute approximate surface area is 133 Å². The van der Waals surface area contributed by atoms with Crippen LogP contribution in [-0.4, -0.2) is 44.7 Å². The van der Waals surface area contributed by atoms with Crippen molar-refractivity contribution in [3.05, 3.63) is 27.9 Å². The van der Waals surface area contributed by atoms with E-state index in [0.717, 1.165) is 66.1 Å². The number of halogens is 1. The van der Waals surface area contributed by atoms with Gasteiger partial charge in [0, 0.05) is 42.6 Å². The first-order valence-electron chi connectivity index (χ1n) is 7.37. The van der Waals surface area contributed by atoms with Crippen molar-refractivity contribution in [2.45, 2.75) is 13.3 Å². The fraction of sp³-hybridized carbons (Fsp3) is 0.500. The lowest BCUT2D eigenvalue weighted by Crippen LogP contribution is -2.44. The van der Waals surface area contributed by atoms with E-state index < -0.39 is 0 Å². The number of ether oxygens (including phenoxy) is 1. The molecular formula is C16H21BrN2O2. The van der Waals surface area contributed by atoms with E-state index >= 15 is 0 Å². The summed E-state index contributed by atoms with van der Waals surface area (Å²) >= 11 is 3.74. The van der Waals surface area contributed by atoms with Crippen molar-refractivity contribution < 1.29 is 9.15 Å². The van der Waals surface area contributed by atoms with E-state index in [1.807, 2.05) is 6.92 Å². The predicted octanol–water partition coefficient (Wildman–Crippen LogP) is 2.96. The number of fused-ring (bicyclic) bond motifs is 1. The Kier molecular flexibility index (Phi) is 4.52. The van der Waals surface area contributed by atoms with Crippen molar-refractivity contribution in [1.82, 2.24) is 10.2 Å². The van der Waals surface area contributed by atoms with Crippen LogP contribution in [0.3, 0.4) is 0 Å². The molecule has 0 radical (unpaired) electrons. The Morgan fingerprint density at radius 1 is 1.33 bits per heavy atom. The molecule has 0 bridgehead atoms. The zero-order valence-electron chi connectivity index (χ0n) is 12.5. The van der Waals surface area contributed by atoms with Crippen LogP contribution in [0.1, 0.15) is 11.3 Å². The molecule has 1 aliphatic rings. The minimum Gasteiger partial charge on any atom is -0.493 e. The summed E-state index contributed by atoms with van der Waals surface area (Å²) in [5.41, 5.74) is 2.10. The van der Waals surface area contributed by atoms with E-state index in [4.69, 9.17) is 9.15 Å². The summed E-state index contributed by atoms with van der Waals surface area (Å²) in [6.45, 7) is 7.47. The van der Waals surface area contributed by atoms with Crippen LogP contribution >= 0.6 is 15.9 Å². The quantitative estimate of drug-likeness (QED) is 0.917. The number of nitrogens with zero attached hydrogens (tertiary/aromatic N) is 1. The molecule has 0 spiro atoms. The smallest absolute Gasteiger partial charge is 0.177 e. The van der Waals surface area contributed by atoms with Gasteiger partial charge in [-0.05, 0) is 47.0 Å². The van der Waals surface area contributed by atoms with Gasteiger partial charge in [0.1, 0.15) is 5.76 Å². The molecule has 5 heteroatoms. The summed E-state index contributed by atoms with van der Waals surface area (Å²) in [7, 11) is 1.70. The maximum absolute atomic E-state index is 5.75. The van der Waals surface area contributed by atoms with Gasteiger partial charge in [-0.2, -0.15) is 0 Å². The second-order valence-electron chi connectivity index (χ2n) is 5.49. The number of aryl methyl sites for hydroxylation is 1. The highest BCUT2D eigenvalue weighted by atomic mass is 79.9. The number of benzene rings is 1. The molecule has 21 heavy (non-hydrogen) atoms. The van der Waals surface area contributed by atoms with Gasteiger partial charge in [-0.1, -0.05) is 0 Å². The molecule has 0 aliphatic carbocycles. The van der Waals surface area contributed by atoms with Gasteiger partial charge < -0.3 is 19.4 Å². The van der Waals surface area contributed by atoms with Crippen molar-refractivity contribution in [1.29, 1.82) is 0 Å². The zero-order chi connectivity index (χ0) is 14.8. The van der Waals surface area contributed by atoms with Crippen molar-refractivity contribution in [3.8, 4) is 5.75 Å². The largest absolute Gasteiger partial charge is 0.493 e. The summed E-state index contributed by atoms with van der Waals surface area (Å²) in [6.07, 6.45) is 1.01.